The van der Waals surface area contributed by atoms with Crippen LogP contribution in [0.5, 0.6) is 0 Å². The zero-order valence-electron chi connectivity index (χ0n) is 21.8. The van der Waals surface area contributed by atoms with E-state index in [9.17, 15) is 28.1 Å². The largest absolute Gasteiger partial charge is 0.354 e. The van der Waals surface area contributed by atoms with E-state index < -0.39 is 39.3 Å². The summed E-state index contributed by atoms with van der Waals surface area (Å²) in [5.41, 5.74) is 0.296. The maximum Gasteiger partial charge on any atom is 0.269 e. The lowest BCUT2D eigenvalue weighted by Gasteiger charge is -2.32. The summed E-state index contributed by atoms with van der Waals surface area (Å²) in [5.74, 6) is -1.11. The maximum atomic E-state index is 13.8. The number of hydrogen-bond donors (Lipinski definition) is 1. The molecule has 0 aliphatic heterocycles. The quantitative estimate of drug-likeness (QED) is 0.227. The van der Waals surface area contributed by atoms with Gasteiger partial charge in [-0.1, -0.05) is 54.4 Å². The van der Waals surface area contributed by atoms with Crippen LogP contribution in [0.15, 0.2) is 77.7 Å². The van der Waals surface area contributed by atoms with Crippen LogP contribution in [0.25, 0.3) is 0 Å². The first-order valence-corrected chi connectivity index (χ1v) is 14.5. The summed E-state index contributed by atoms with van der Waals surface area (Å²) in [6, 6.07) is 16.0. The number of hydrogen-bond acceptors (Lipinski definition) is 6. The third-order valence-corrected chi connectivity index (χ3v) is 8.41. The van der Waals surface area contributed by atoms with Crippen molar-refractivity contribution in [1.82, 2.24) is 10.2 Å². The molecule has 0 aliphatic carbocycles. The number of halogens is 2. The number of nitrogens with zero attached hydrogens (tertiary/aromatic N) is 3. The average molecular weight is 608 g/mol. The van der Waals surface area contributed by atoms with Gasteiger partial charge in [0.25, 0.3) is 15.7 Å². The van der Waals surface area contributed by atoms with E-state index in [2.05, 4.69) is 5.32 Å². The van der Waals surface area contributed by atoms with E-state index in [1.165, 1.54) is 54.3 Å². The molecule has 0 spiro atoms. The number of nitrogens with one attached hydrogen (secondary N) is 1. The van der Waals surface area contributed by atoms with Crippen molar-refractivity contribution in [2.45, 2.75) is 37.8 Å². The van der Waals surface area contributed by atoms with Crippen LogP contribution in [0.2, 0.25) is 10.0 Å². The minimum absolute atomic E-state index is 0.0374. The molecule has 0 saturated carbocycles. The highest BCUT2D eigenvalue weighted by molar-refractivity contribution is 7.92. The lowest BCUT2D eigenvalue weighted by atomic mass is 10.1. The number of carbonyl (C=O) groups is 2. The summed E-state index contributed by atoms with van der Waals surface area (Å²) in [7, 11) is -4.29. The number of amides is 2. The molecule has 0 fully saturated rings. The number of rotatable bonds is 12. The third kappa shape index (κ3) is 7.50. The fourth-order valence-electron chi connectivity index (χ4n) is 3.80. The minimum atomic E-state index is -4.29. The molecule has 40 heavy (non-hydrogen) atoms. The van der Waals surface area contributed by atoms with Crippen LogP contribution in [0, 0.1) is 10.1 Å². The fraction of sp³-hybridized carbons (Fsp3) is 0.259. The molecule has 3 aromatic carbocycles. The van der Waals surface area contributed by atoms with Gasteiger partial charge in [0.1, 0.15) is 12.6 Å². The van der Waals surface area contributed by atoms with E-state index in [-0.39, 0.29) is 27.8 Å². The number of anilines is 1. The Kier molecular flexibility index (Phi) is 10.5. The van der Waals surface area contributed by atoms with Crippen LogP contribution in [0.1, 0.15) is 25.8 Å². The van der Waals surface area contributed by atoms with Gasteiger partial charge in [-0.15, -0.1) is 0 Å². The molecule has 10 nitrogen and oxygen atoms in total. The van der Waals surface area contributed by atoms with Gasteiger partial charge in [-0.05, 0) is 55.3 Å². The molecule has 3 rings (SSSR count). The summed E-state index contributed by atoms with van der Waals surface area (Å²) < 4.78 is 28.3. The van der Waals surface area contributed by atoms with Crippen LogP contribution >= 0.6 is 23.2 Å². The summed E-state index contributed by atoms with van der Waals surface area (Å²) in [6.45, 7) is 3.03. The van der Waals surface area contributed by atoms with Crippen molar-refractivity contribution in [3.8, 4) is 0 Å². The Bertz CT molecular complexity index is 1470. The Morgan fingerprint density at radius 3 is 2.25 bits per heavy atom. The van der Waals surface area contributed by atoms with Gasteiger partial charge < -0.3 is 10.2 Å². The molecule has 13 heteroatoms. The molecule has 3 aromatic rings. The molecular formula is C27H28Cl2N4O6S. The van der Waals surface area contributed by atoms with Gasteiger partial charge in [0.05, 0.1) is 15.5 Å². The van der Waals surface area contributed by atoms with Crippen molar-refractivity contribution >= 4 is 56.4 Å². The van der Waals surface area contributed by atoms with Crippen molar-refractivity contribution in [2.75, 3.05) is 17.4 Å². The summed E-state index contributed by atoms with van der Waals surface area (Å²) in [5, 5.41) is 14.6. The molecule has 0 aliphatic rings. The number of non-ortho nitro benzene ring substituents is 1. The molecule has 0 bridgehead atoms. The SMILES string of the molecule is CCCNC(=O)[C@H](C)N(Cc1ccc(Cl)cc1Cl)C(=O)CN(c1ccc([N+](=O)[O-])cc1)S(=O)(=O)c1ccccc1. The van der Waals surface area contributed by atoms with Crippen molar-refractivity contribution in [3.05, 3.63) is 98.5 Å². The van der Waals surface area contributed by atoms with Gasteiger partial charge in [0.2, 0.25) is 11.8 Å². The second kappa shape index (κ2) is 13.6. The smallest absolute Gasteiger partial charge is 0.269 e. The highest BCUT2D eigenvalue weighted by atomic mass is 35.5. The molecule has 212 valence electrons. The van der Waals surface area contributed by atoms with Crippen LogP contribution in [-0.2, 0) is 26.2 Å². The molecule has 0 heterocycles. The van der Waals surface area contributed by atoms with Gasteiger partial charge in [-0.25, -0.2) is 8.42 Å². The van der Waals surface area contributed by atoms with E-state index in [1.54, 1.807) is 18.2 Å². The van der Waals surface area contributed by atoms with Crippen molar-refractivity contribution in [2.24, 2.45) is 0 Å². The van der Waals surface area contributed by atoms with E-state index in [0.717, 1.165) is 16.4 Å². The van der Waals surface area contributed by atoms with Gasteiger partial charge in [0, 0.05) is 35.3 Å². The average Bonchev–Trinajstić information content (AvgIpc) is 2.94. The maximum absolute atomic E-state index is 13.8. The molecule has 2 amide bonds. The predicted octanol–water partition coefficient (Wildman–Crippen LogP) is 5.04. The fourth-order valence-corrected chi connectivity index (χ4v) is 5.70. The summed E-state index contributed by atoms with van der Waals surface area (Å²) >= 11 is 12.4. The molecule has 0 radical (unpaired) electrons. The molecular weight excluding hydrogens is 579 g/mol. The minimum Gasteiger partial charge on any atom is -0.354 e. The van der Waals surface area contributed by atoms with Crippen LogP contribution in [-0.4, -0.2) is 49.2 Å². The first-order valence-electron chi connectivity index (χ1n) is 12.3. The van der Waals surface area contributed by atoms with E-state index in [4.69, 9.17) is 23.2 Å². The monoisotopic (exact) mass is 606 g/mol. The molecule has 0 aromatic heterocycles. The first kappa shape index (κ1) is 30.9. The lowest BCUT2D eigenvalue weighted by molar-refractivity contribution is -0.384. The van der Waals surface area contributed by atoms with Crippen molar-refractivity contribution in [1.29, 1.82) is 0 Å². The predicted molar refractivity (Wildman–Crippen MR) is 154 cm³/mol. The zero-order chi connectivity index (χ0) is 29.4. The number of nitro benzene ring substituents is 1. The summed E-state index contributed by atoms with van der Waals surface area (Å²) in [6.07, 6.45) is 0.679. The standard InChI is InChI=1S/C27H28Cl2N4O6S/c1-3-15-30-27(35)19(2)31(17-20-9-10-21(28)16-25(20)29)26(34)18-32(22-11-13-23(14-12-22)33(36)37)40(38,39)24-7-5-4-6-8-24/h4-14,16,19H,3,15,17-18H2,1-2H3,(H,30,35)/t19-/m0/s1. The Morgan fingerprint density at radius 2 is 1.68 bits per heavy atom. The van der Waals surface area contributed by atoms with E-state index >= 15 is 0 Å². The molecule has 0 unspecified atom stereocenters. The van der Waals surface area contributed by atoms with Crippen molar-refractivity contribution < 1.29 is 22.9 Å². The number of carbonyl (C=O) groups excluding carboxylic acids is 2. The number of sulfonamides is 1. The highest BCUT2D eigenvalue weighted by Crippen LogP contribution is 2.27. The third-order valence-electron chi connectivity index (χ3n) is 6.03. The highest BCUT2D eigenvalue weighted by Gasteiger charge is 2.33. The molecule has 1 N–H and O–H groups in total. The Morgan fingerprint density at radius 1 is 1.02 bits per heavy atom. The Hall–Kier alpha value is -3.67. The number of benzene rings is 3. The normalized spacial score (nSPS) is 11.9. The first-order chi connectivity index (χ1) is 18.9. The summed E-state index contributed by atoms with van der Waals surface area (Å²) in [4.78, 5) is 38.4. The van der Waals surface area contributed by atoms with Gasteiger partial charge in [-0.2, -0.15) is 0 Å². The van der Waals surface area contributed by atoms with Crippen LogP contribution in [0.3, 0.4) is 0 Å². The van der Waals surface area contributed by atoms with E-state index in [0.29, 0.717) is 23.6 Å². The van der Waals surface area contributed by atoms with Gasteiger partial charge >= 0.3 is 0 Å². The molecule has 1 atom stereocenters. The topological polar surface area (TPSA) is 130 Å². The van der Waals surface area contributed by atoms with Crippen molar-refractivity contribution in [3.63, 3.8) is 0 Å². The lowest BCUT2D eigenvalue weighted by Crippen LogP contribution is -2.51. The van der Waals surface area contributed by atoms with E-state index in [1.807, 2.05) is 6.92 Å². The van der Waals surface area contributed by atoms with Gasteiger partial charge in [-0.3, -0.25) is 24.0 Å². The second-order valence-electron chi connectivity index (χ2n) is 8.82. The Balaban J connectivity index is 2.04. The van der Waals surface area contributed by atoms with Gasteiger partial charge in [0.15, 0.2) is 0 Å². The Labute approximate surface area is 242 Å². The second-order valence-corrected chi connectivity index (χ2v) is 11.5. The zero-order valence-corrected chi connectivity index (χ0v) is 24.1. The number of nitro groups is 1. The molecule has 0 saturated heterocycles. The van der Waals surface area contributed by atoms with Crippen LogP contribution < -0.4 is 9.62 Å². The van der Waals surface area contributed by atoms with Crippen LogP contribution in [0.4, 0.5) is 11.4 Å².